The first kappa shape index (κ1) is 26.7. The van der Waals surface area contributed by atoms with E-state index >= 15 is 0 Å². The highest BCUT2D eigenvalue weighted by Gasteiger charge is 2.16. The second kappa shape index (κ2) is 14.3. The van der Waals surface area contributed by atoms with Gasteiger partial charge in [-0.25, -0.2) is 9.67 Å². The molecule has 3 heterocycles. The van der Waals surface area contributed by atoms with Gasteiger partial charge in [-0.2, -0.15) is 4.98 Å². The van der Waals surface area contributed by atoms with Gasteiger partial charge in [0.25, 0.3) is 0 Å². The summed E-state index contributed by atoms with van der Waals surface area (Å²) in [6, 6.07) is 9.30. The molecule has 0 atom stereocenters. The second-order valence-corrected chi connectivity index (χ2v) is 10.5. The molecule has 11 nitrogen and oxygen atoms in total. The summed E-state index contributed by atoms with van der Waals surface area (Å²) in [5.74, 6) is 2.24. The Labute approximate surface area is 225 Å². The van der Waals surface area contributed by atoms with Crippen LogP contribution in [0.25, 0.3) is 10.9 Å². The van der Waals surface area contributed by atoms with E-state index in [0.717, 1.165) is 93.5 Å². The molecule has 1 saturated heterocycles. The van der Waals surface area contributed by atoms with E-state index in [1.54, 1.807) is 0 Å². The summed E-state index contributed by atoms with van der Waals surface area (Å²) in [5.41, 5.74) is 0.918. The molecule has 0 spiro atoms. The van der Waals surface area contributed by atoms with Gasteiger partial charge in [-0.3, -0.25) is 0 Å². The normalized spacial score (nSPS) is 17.2. The molecule has 0 amide bonds. The zero-order valence-electron chi connectivity index (χ0n) is 22.5. The van der Waals surface area contributed by atoms with Crippen molar-refractivity contribution in [2.45, 2.75) is 83.0 Å². The van der Waals surface area contributed by atoms with Gasteiger partial charge in [-0.05, 0) is 93.8 Å². The minimum atomic E-state index is 0.413. The van der Waals surface area contributed by atoms with Crippen molar-refractivity contribution in [2.75, 3.05) is 43.4 Å². The Bertz CT molecular complexity index is 1110. The van der Waals surface area contributed by atoms with E-state index in [2.05, 4.69) is 48.2 Å². The average Bonchev–Trinajstić information content (AvgIpc) is 3.42. The van der Waals surface area contributed by atoms with Crippen LogP contribution in [0.1, 0.15) is 63.6 Å². The molecule has 2 aromatic heterocycles. The van der Waals surface area contributed by atoms with Crippen LogP contribution in [0.2, 0.25) is 0 Å². The molecule has 2 fully saturated rings. The Morgan fingerprint density at radius 1 is 0.895 bits per heavy atom. The lowest BCUT2D eigenvalue weighted by molar-refractivity contribution is 0.371. The van der Waals surface area contributed by atoms with Crippen molar-refractivity contribution in [2.24, 2.45) is 0 Å². The highest BCUT2D eigenvalue weighted by Crippen LogP contribution is 2.24. The predicted molar refractivity (Wildman–Crippen MR) is 151 cm³/mol. The number of benzene rings is 1. The number of nitrogens with zero attached hydrogens (tertiary/aromatic N) is 6. The van der Waals surface area contributed by atoms with Gasteiger partial charge in [-0.1, -0.05) is 31.4 Å². The van der Waals surface area contributed by atoms with Gasteiger partial charge in [0.2, 0.25) is 5.95 Å². The molecule has 5 N–H and O–H groups in total. The number of aryl methyl sites for hydroxylation is 1. The number of aromatic nitrogens is 6. The first-order valence-corrected chi connectivity index (χ1v) is 14.5. The quantitative estimate of drug-likeness (QED) is 0.202. The third kappa shape index (κ3) is 7.81. The number of anilines is 2. The molecular weight excluding hydrogens is 478 g/mol. The van der Waals surface area contributed by atoms with Crippen LogP contribution in [0.4, 0.5) is 11.8 Å². The van der Waals surface area contributed by atoms with Crippen LogP contribution in [0.5, 0.6) is 0 Å². The summed E-state index contributed by atoms with van der Waals surface area (Å²) >= 11 is 0. The van der Waals surface area contributed by atoms with E-state index in [1.165, 1.54) is 32.1 Å². The van der Waals surface area contributed by atoms with Crippen LogP contribution in [0.15, 0.2) is 24.3 Å². The second-order valence-electron chi connectivity index (χ2n) is 10.5. The van der Waals surface area contributed by atoms with E-state index in [0.29, 0.717) is 18.5 Å². The summed E-state index contributed by atoms with van der Waals surface area (Å²) < 4.78 is 1.87. The molecule has 38 heavy (non-hydrogen) atoms. The highest BCUT2D eigenvalue weighted by atomic mass is 15.5. The molecule has 1 saturated carbocycles. The predicted octanol–water partition coefficient (Wildman–Crippen LogP) is 2.68. The monoisotopic (exact) mass is 521 g/mol. The molecule has 11 heteroatoms. The number of piperidine rings is 1. The van der Waals surface area contributed by atoms with Crippen molar-refractivity contribution in [1.82, 2.24) is 46.1 Å². The fourth-order valence-electron chi connectivity index (χ4n) is 5.41. The molecule has 1 aromatic carbocycles. The van der Waals surface area contributed by atoms with Crippen LogP contribution in [-0.2, 0) is 13.1 Å². The zero-order chi connectivity index (χ0) is 25.8. The van der Waals surface area contributed by atoms with Crippen molar-refractivity contribution >= 4 is 22.7 Å². The molecule has 0 unspecified atom stereocenters. The van der Waals surface area contributed by atoms with Crippen molar-refractivity contribution in [3.8, 4) is 0 Å². The zero-order valence-corrected chi connectivity index (χ0v) is 22.5. The largest absolute Gasteiger partial charge is 0.367 e. The lowest BCUT2D eigenvalue weighted by atomic mass is 9.95. The van der Waals surface area contributed by atoms with Crippen molar-refractivity contribution in [1.29, 1.82) is 0 Å². The Morgan fingerprint density at radius 3 is 2.63 bits per heavy atom. The lowest BCUT2D eigenvalue weighted by Gasteiger charge is -2.25. The van der Waals surface area contributed by atoms with Crippen LogP contribution >= 0.6 is 0 Å². The summed E-state index contributed by atoms with van der Waals surface area (Å²) in [7, 11) is 0. The van der Waals surface area contributed by atoms with Gasteiger partial charge in [0.1, 0.15) is 5.82 Å². The van der Waals surface area contributed by atoms with Crippen molar-refractivity contribution in [3.05, 3.63) is 30.1 Å². The number of para-hydroxylation sites is 1. The SMILES string of the molecule is c1ccc2c(NC3CCNCC3)nc(NCc3nnnn3CCCNCCCNC3CCCCC3)nc2c1. The Balaban J connectivity index is 1.06. The van der Waals surface area contributed by atoms with Crippen LogP contribution in [-0.4, -0.2) is 75.0 Å². The Morgan fingerprint density at radius 2 is 1.74 bits per heavy atom. The van der Waals surface area contributed by atoms with Gasteiger partial charge in [0.05, 0.1) is 12.1 Å². The van der Waals surface area contributed by atoms with E-state index in [9.17, 15) is 0 Å². The Hall–Kier alpha value is -2.89. The van der Waals surface area contributed by atoms with Crippen molar-refractivity contribution < 1.29 is 0 Å². The number of nitrogens with one attached hydrogen (secondary N) is 5. The molecule has 0 radical (unpaired) electrons. The topological polar surface area (TPSA) is 130 Å². The number of rotatable bonds is 14. The van der Waals surface area contributed by atoms with Gasteiger partial charge in [0.15, 0.2) is 5.82 Å². The number of tetrazole rings is 1. The summed E-state index contributed by atoms with van der Waals surface area (Å²) in [4.78, 5) is 9.55. The van der Waals surface area contributed by atoms with Gasteiger partial charge < -0.3 is 26.6 Å². The van der Waals surface area contributed by atoms with Gasteiger partial charge in [-0.15, -0.1) is 5.10 Å². The first-order chi connectivity index (χ1) is 18.8. The minimum Gasteiger partial charge on any atom is -0.367 e. The fourth-order valence-corrected chi connectivity index (χ4v) is 5.41. The van der Waals surface area contributed by atoms with Crippen LogP contribution in [0.3, 0.4) is 0 Å². The highest BCUT2D eigenvalue weighted by molar-refractivity contribution is 5.90. The minimum absolute atomic E-state index is 0.413. The van der Waals surface area contributed by atoms with Crippen LogP contribution in [0, 0.1) is 0 Å². The average molecular weight is 522 g/mol. The maximum Gasteiger partial charge on any atom is 0.225 e. The molecule has 3 aromatic rings. The van der Waals surface area contributed by atoms with E-state index < -0.39 is 0 Å². The molecule has 1 aliphatic heterocycles. The molecule has 5 rings (SSSR count). The molecule has 0 bridgehead atoms. The fraction of sp³-hybridized carbons (Fsp3) is 0.667. The molecule has 2 aliphatic rings. The summed E-state index contributed by atoms with van der Waals surface area (Å²) in [6.07, 6.45) is 11.2. The van der Waals surface area contributed by atoms with E-state index in [1.807, 2.05) is 22.9 Å². The van der Waals surface area contributed by atoms with Crippen molar-refractivity contribution in [3.63, 3.8) is 0 Å². The maximum absolute atomic E-state index is 4.82. The molecule has 1 aliphatic carbocycles. The van der Waals surface area contributed by atoms with Crippen LogP contribution < -0.4 is 26.6 Å². The maximum atomic E-state index is 4.82. The van der Waals surface area contributed by atoms with Gasteiger partial charge in [0, 0.05) is 24.0 Å². The van der Waals surface area contributed by atoms with E-state index in [4.69, 9.17) is 9.97 Å². The molecule has 206 valence electrons. The number of hydrogen-bond acceptors (Lipinski definition) is 10. The summed E-state index contributed by atoms with van der Waals surface area (Å²) in [6.45, 7) is 6.40. The Kier molecular flexibility index (Phi) is 10.1. The van der Waals surface area contributed by atoms with Gasteiger partial charge >= 0.3 is 0 Å². The number of hydrogen-bond donors (Lipinski definition) is 5. The number of fused-ring (bicyclic) bond motifs is 1. The lowest BCUT2D eigenvalue weighted by Crippen LogP contribution is -2.35. The third-order valence-electron chi connectivity index (χ3n) is 7.59. The standard InChI is InChI=1S/C27H43N11/c1-2-8-21(9-3-1)30-16-6-14-28-15-7-19-38-25(35-36-37-38)20-31-27-33-24-11-5-4-10-23(24)26(34-27)32-22-12-17-29-18-13-22/h4-5,10-11,21-22,28-30H,1-3,6-9,12-20H2,(H2,31,32,33,34). The summed E-state index contributed by atoms with van der Waals surface area (Å²) in [5, 5.41) is 31.0. The van der Waals surface area contributed by atoms with E-state index in [-0.39, 0.29) is 0 Å². The third-order valence-corrected chi connectivity index (χ3v) is 7.59. The smallest absolute Gasteiger partial charge is 0.225 e. The first-order valence-electron chi connectivity index (χ1n) is 14.5. The molecular formula is C27H43N11.